The van der Waals surface area contributed by atoms with Crippen LogP contribution in [0.5, 0.6) is 0 Å². The molecular formula is C6H6ClFN2. The summed E-state index contributed by atoms with van der Waals surface area (Å²) in [5.74, 6) is 0.178. The molecule has 2 nitrogen and oxygen atoms in total. The smallest absolute Gasteiger partial charge is 0.142 e. The SMILES string of the molecule is Nc1nccc(CF)c1Cl. The van der Waals surface area contributed by atoms with E-state index in [2.05, 4.69) is 4.98 Å². The van der Waals surface area contributed by atoms with E-state index in [1.165, 1.54) is 12.3 Å². The number of rotatable bonds is 1. The molecule has 54 valence electrons. The topological polar surface area (TPSA) is 38.9 Å². The van der Waals surface area contributed by atoms with E-state index in [1.807, 2.05) is 0 Å². The Morgan fingerprint density at radius 1 is 1.70 bits per heavy atom. The highest BCUT2D eigenvalue weighted by molar-refractivity contribution is 6.33. The summed E-state index contributed by atoms with van der Waals surface area (Å²) < 4.78 is 12.0. The first-order chi connectivity index (χ1) is 4.75. The van der Waals surface area contributed by atoms with Crippen LogP contribution in [0.3, 0.4) is 0 Å². The fraction of sp³-hybridized carbons (Fsp3) is 0.167. The second-order valence-corrected chi connectivity index (χ2v) is 2.18. The molecule has 0 aliphatic rings. The number of anilines is 1. The van der Waals surface area contributed by atoms with Gasteiger partial charge in [-0.15, -0.1) is 0 Å². The van der Waals surface area contributed by atoms with Crippen LogP contribution >= 0.6 is 11.6 Å². The lowest BCUT2D eigenvalue weighted by molar-refractivity contribution is 0.485. The zero-order valence-electron chi connectivity index (χ0n) is 5.14. The summed E-state index contributed by atoms with van der Waals surface area (Å²) in [6, 6.07) is 1.50. The lowest BCUT2D eigenvalue weighted by Gasteiger charge is -1.99. The summed E-state index contributed by atoms with van der Waals surface area (Å²) in [5, 5.41) is 0.213. The van der Waals surface area contributed by atoms with E-state index in [4.69, 9.17) is 17.3 Å². The molecule has 0 unspecified atom stereocenters. The standard InChI is InChI=1S/C6H6ClFN2/c7-5-4(3-8)1-2-10-6(5)9/h1-2H,3H2,(H2,9,10). The number of halogens is 2. The molecule has 1 aromatic rings. The average Bonchev–Trinajstić information content (AvgIpc) is 1.95. The number of nitrogens with zero attached hydrogens (tertiary/aromatic N) is 1. The van der Waals surface area contributed by atoms with Gasteiger partial charge in [0.25, 0.3) is 0 Å². The predicted molar refractivity (Wildman–Crippen MR) is 38.5 cm³/mol. The summed E-state index contributed by atoms with van der Waals surface area (Å²) in [7, 11) is 0. The number of hydrogen-bond acceptors (Lipinski definition) is 2. The van der Waals surface area contributed by atoms with Crippen LogP contribution in [0.15, 0.2) is 12.3 Å². The largest absolute Gasteiger partial charge is 0.382 e. The first-order valence-electron chi connectivity index (χ1n) is 2.70. The van der Waals surface area contributed by atoms with Crippen molar-refractivity contribution < 1.29 is 4.39 Å². The molecule has 0 saturated heterocycles. The van der Waals surface area contributed by atoms with Crippen LogP contribution in [0.1, 0.15) is 5.56 Å². The number of alkyl halides is 1. The van der Waals surface area contributed by atoms with Gasteiger partial charge in [0.2, 0.25) is 0 Å². The number of hydrogen-bond donors (Lipinski definition) is 1. The van der Waals surface area contributed by atoms with Crippen LogP contribution in [0.4, 0.5) is 10.2 Å². The van der Waals surface area contributed by atoms with Crippen molar-refractivity contribution in [2.24, 2.45) is 0 Å². The summed E-state index contributed by atoms with van der Waals surface area (Å²) in [5.41, 5.74) is 5.67. The highest BCUT2D eigenvalue weighted by Gasteiger charge is 2.02. The summed E-state index contributed by atoms with van der Waals surface area (Å²) >= 11 is 5.57. The van der Waals surface area contributed by atoms with Crippen LogP contribution in [-0.2, 0) is 6.67 Å². The van der Waals surface area contributed by atoms with Gasteiger partial charge in [-0.05, 0) is 6.07 Å². The van der Waals surface area contributed by atoms with Gasteiger partial charge < -0.3 is 5.73 Å². The molecule has 0 aliphatic heterocycles. The van der Waals surface area contributed by atoms with Crippen molar-refractivity contribution in [3.05, 3.63) is 22.8 Å². The van der Waals surface area contributed by atoms with E-state index in [0.29, 0.717) is 5.56 Å². The monoisotopic (exact) mass is 160 g/mol. The van der Waals surface area contributed by atoms with E-state index in [9.17, 15) is 4.39 Å². The Hall–Kier alpha value is -0.830. The fourth-order valence-corrected chi connectivity index (χ4v) is 0.767. The molecule has 0 spiro atoms. The number of pyridine rings is 1. The van der Waals surface area contributed by atoms with Crippen LogP contribution < -0.4 is 5.73 Å². The molecule has 1 aromatic heterocycles. The molecule has 1 rings (SSSR count). The molecule has 0 radical (unpaired) electrons. The number of aromatic nitrogens is 1. The van der Waals surface area contributed by atoms with E-state index >= 15 is 0 Å². The van der Waals surface area contributed by atoms with Gasteiger partial charge in [0.1, 0.15) is 12.5 Å². The van der Waals surface area contributed by atoms with Crippen molar-refractivity contribution in [3.8, 4) is 0 Å². The molecule has 0 amide bonds. The van der Waals surface area contributed by atoms with Crippen molar-refractivity contribution in [1.29, 1.82) is 0 Å². The maximum Gasteiger partial charge on any atom is 0.142 e. The molecule has 0 bridgehead atoms. The van der Waals surface area contributed by atoms with Gasteiger partial charge in [-0.25, -0.2) is 9.37 Å². The Morgan fingerprint density at radius 3 is 2.90 bits per heavy atom. The third kappa shape index (κ3) is 1.19. The molecule has 0 aromatic carbocycles. The van der Waals surface area contributed by atoms with Gasteiger partial charge in [-0.2, -0.15) is 0 Å². The summed E-state index contributed by atoms with van der Waals surface area (Å²) in [4.78, 5) is 3.67. The lowest BCUT2D eigenvalue weighted by atomic mass is 10.3. The average molecular weight is 161 g/mol. The molecule has 0 aliphatic carbocycles. The minimum Gasteiger partial charge on any atom is -0.382 e. The Kier molecular flexibility index (Phi) is 2.06. The first-order valence-corrected chi connectivity index (χ1v) is 3.08. The second-order valence-electron chi connectivity index (χ2n) is 1.80. The van der Waals surface area contributed by atoms with Crippen molar-refractivity contribution in [1.82, 2.24) is 4.98 Å². The third-order valence-electron chi connectivity index (χ3n) is 1.14. The first kappa shape index (κ1) is 7.28. The zero-order valence-corrected chi connectivity index (χ0v) is 5.90. The van der Waals surface area contributed by atoms with Crippen molar-refractivity contribution in [3.63, 3.8) is 0 Å². The molecule has 4 heteroatoms. The summed E-state index contributed by atoms with van der Waals surface area (Å²) in [6.07, 6.45) is 1.43. The Balaban J connectivity index is 3.14. The molecule has 1 heterocycles. The van der Waals surface area contributed by atoms with Crippen molar-refractivity contribution >= 4 is 17.4 Å². The third-order valence-corrected chi connectivity index (χ3v) is 1.58. The van der Waals surface area contributed by atoms with E-state index < -0.39 is 6.67 Å². The fourth-order valence-electron chi connectivity index (χ4n) is 0.605. The van der Waals surface area contributed by atoms with Crippen LogP contribution in [-0.4, -0.2) is 4.98 Å². The van der Waals surface area contributed by atoms with E-state index in [-0.39, 0.29) is 10.8 Å². The number of nitrogens with two attached hydrogens (primary N) is 1. The van der Waals surface area contributed by atoms with Crippen LogP contribution in [0, 0.1) is 0 Å². The molecule has 0 saturated carbocycles. The number of nitrogen functional groups attached to an aromatic ring is 1. The molecular weight excluding hydrogens is 155 g/mol. The van der Waals surface area contributed by atoms with Crippen molar-refractivity contribution in [2.75, 3.05) is 5.73 Å². The van der Waals surface area contributed by atoms with Gasteiger partial charge in [0.15, 0.2) is 0 Å². The predicted octanol–water partition coefficient (Wildman–Crippen LogP) is 1.79. The van der Waals surface area contributed by atoms with Gasteiger partial charge >= 0.3 is 0 Å². The van der Waals surface area contributed by atoms with Crippen molar-refractivity contribution in [2.45, 2.75) is 6.67 Å². The quantitative estimate of drug-likeness (QED) is 0.680. The Bertz CT molecular complexity index is 239. The van der Waals surface area contributed by atoms with Gasteiger partial charge in [-0.1, -0.05) is 11.6 Å². The molecule has 0 fully saturated rings. The normalized spacial score (nSPS) is 9.80. The van der Waals surface area contributed by atoms with E-state index in [0.717, 1.165) is 0 Å². The van der Waals surface area contributed by atoms with Crippen LogP contribution in [0.25, 0.3) is 0 Å². The molecule has 10 heavy (non-hydrogen) atoms. The maximum absolute atomic E-state index is 12.0. The maximum atomic E-state index is 12.0. The summed E-state index contributed by atoms with van der Waals surface area (Å²) in [6.45, 7) is -0.606. The minimum absolute atomic E-state index is 0.178. The van der Waals surface area contributed by atoms with E-state index in [1.54, 1.807) is 0 Å². The lowest BCUT2D eigenvalue weighted by Crippen LogP contribution is -1.93. The Labute approximate surface area is 62.8 Å². The zero-order chi connectivity index (χ0) is 7.56. The highest BCUT2D eigenvalue weighted by atomic mass is 35.5. The highest BCUT2D eigenvalue weighted by Crippen LogP contribution is 2.20. The Morgan fingerprint density at radius 2 is 2.40 bits per heavy atom. The molecule has 0 atom stereocenters. The second kappa shape index (κ2) is 2.84. The molecule has 2 N–H and O–H groups in total. The van der Waals surface area contributed by atoms with Gasteiger partial charge in [-0.3, -0.25) is 0 Å². The van der Waals surface area contributed by atoms with Gasteiger partial charge in [0.05, 0.1) is 5.02 Å². The minimum atomic E-state index is -0.606. The van der Waals surface area contributed by atoms with Gasteiger partial charge in [0, 0.05) is 11.8 Å². The van der Waals surface area contributed by atoms with Crippen LogP contribution in [0.2, 0.25) is 5.02 Å².